The van der Waals surface area contributed by atoms with Crippen molar-refractivity contribution in [2.75, 3.05) is 0 Å². The topological polar surface area (TPSA) is 42.7 Å². The molecule has 0 amide bonds. The van der Waals surface area contributed by atoms with Crippen LogP contribution in [0.2, 0.25) is 0 Å². The summed E-state index contributed by atoms with van der Waals surface area (Å²) in [7, 11) is 0. The van der Waals surface area contributed by atoms with Gasteiger partial charge in [-0.25, -0.2) is 9.67 Å². The summed E-state index contributed by atoms with van der Waals surface area (Å²) in [6, 6.07) is 0.300. The van der Waals surface area contributed by atoms with Crippen LogP contribution in [0.4, 0.5) is 0 Å². The molecule has 1 atom stereocenters. The van der Waals surface area contributed by atoms with Crippen LogP contribution in [0, 0.1) is 5.92 Å². The third-order valence-electron chi connectivity index (χ3n) is 2.17. The fraction of sp³-hybridized carbons (Fsp3) is 0.636. The Labute approximate surface area is 91.4 Å². The van der Waals surface area contributed by atoms with Gasteiger partial charge in [-0.1, -0.05) is 19.9 Å². The minimum absolute atomic E-state index is 0.300. The zero-order valence-corrected chi connectivity index (χ0v) is 9.77. The van der Waals surface area contributed by atoms with Gasteiger partial charge in [0.05, 0.1) is 6.54 Å². The van der Waals surface area contributed by atoms with Crippen molar-refractivity contribution >= 4 is 0 Å². The van der Waals surface area contributed by atoms with E-state index in [9.17, 15) is 0 Å². The van der Waals surface area contributed by atoms with Crippen LogP contribution < -0.4 is 5.32 Å². The summed E-state index contributed by atoms with van der Waals surface area (Å²) in [5.41, 5.74) is 0. The zero-order chi connectivity index (χ0) is 11.3. The first-order valence-corrected chi connectivity index (χ1v) is 5.36. The summed E-state index contributed by atoms with van der Waals surface area (Å²) >= 11 is 0. The summed E-state index contributed by atoms with van der Waals surface area (Å²) in [5, 5.41) is 7.51. The second-order valence-electron chi connectivity index (χ2n) is 4.16. The third kappa shape index (κ3) is 3.83. The van der Waals surface area contributed by atoms with Gasteiger partial charge in [0.1, 0.15) is 12.2 Å². The summed E-state index contributed by atoms with van der Waals surface area (Å²) in [6.45, 7) is 11.8. The summed E-state index contributed by atoms with van der Waals surface area (Å²) in [4.78, 5) is 4.23. The molecule has 0 aromatic carbocycles. The Hall–Kier alpha value is -1.16. The van der Waals surface area contributed by atoms with Crippen molar-refractivity contribution in [2.45, 2.75) is 39.9 Å². The van der Waals surface area contributed by atoms with Crippen LogP contribution in [0.15, 0.2) is 19.0 Å². The van der Waals surface area contributed by atoms with E-state index in [2.05, 4.69) is 42.7 Å². The van der Waals surface area contributed by atoms with Crippen molar-refractivity contribution in [1.82, 2.24) is 20.1 Å². The normalized spacial score (nSPS) is 13.1. The van der Waals surface area contributed by atoms with Crippen molar-refractivity contribution in [1.29, 1.82) is 0 Å². The van der Waals surface area contributed by atoms with E-state index in [1.165, 1.54) is 0 Å². The highest BCUT2D eigenvalue weighted by molar-refractivity contribution is 4.88. The molecule has 1 unspecified atom stereocenters. The molecule has 1 rings (SSSR count). The number of rotatable bonds is 6. The lowest BCUT2D eigenvalue weighted by molar-refractivity contribution is 0.454. The molecule has 15 heavy (non-hydrogen) atoms. The van der Waals surface area contributed by atoms with E-state index in [1.807, 2.05) is 10.8 Å². The molecule has 1 heterocycles. The molecule has 1 aromatic rings. The fourth-order valence-electron chi connectivity index (χ4n) is 1.26. The van der Waals surface area contributed by atoms with Gasteiger partial charge in [0.2, 0.25) is 0 Å². The lowest BCUT2D eigenvalue weighted by Gasteiger charge is -2.11. The summed E-state index contributed by atoms with van der Waals surface area (Å²) < 4.78 is 1.95. The molecule has 0 bridgehead atoms. The number of hydrogen-bond acceptors (Lipinski definition) is 3. The maximum atomic E-state index is 4.23. The number of aromatic nitrogens is 3. The smallest absolute Gasteiger partial charge is 0.140 e. The van der Waals surface area contributed by atoms with Gasteiger partial charge in [0.25, 0.3) is 0 Å². The first-order chi connectivity index (χ1) is 7.13. The average Bonchev–Trinajstić information content (AvgIpc) is 2.61. The van der Waals surface area contributed by atoms with Crippen LogP contribution in [-0.4, -0.2) is 20.8 Å². The highest BCUT2D eigenvalue weighted by Crippen LogP contribution is 2.01. The standard InChI is InChI=1S/C11H20N4/c1-5-10(4)12-6-11-13-8-14-15(11)7-9(2)3/h5,8-10,12H,1,6-7H2,2-4H3. The molecule has 1 N–H and O–H groups in total. The van der Waals surface area contributed by atoms with E-state index in [1.54, 1.807) is 6.33 Å². The van der Waals surface area contributed by atoms with Gasteiger partial charge in [0, 0.05) is 12.6 Å². The van der Waals surface area contributed by atoms with Gasteiger partial charge in [-0.05, 0) is 12.8 Å². The van der Waals surface area contributed by atoms with Crippen LogP contribution in [0.25, 0.3) is 0 Å². The van der Waals surface area contributed by atoms with Crippen LogP contribution in [-0.2, 0) is 13.1 Å². The molecule has 84 valence electrons. The Balaban J connectivity index is 2.53. The minimum Gasteiger partial charge on any atom is -0.304 e. The van der Waals surface area contributed by atoms with Crippen molar-refractivity contribution < 1.29 is 0 Å². The number of nitrogens with zero attached hydrogens (tertiary/aromatic N) is 3. The lowest BCUT2D eigenvalue weighted by atomic mass is 10.2. The molecule has 4 nitrogen and oxygen atoms in total. The molecular formula is C11H20N4. The minimum atomic E-state index is 0.300. The Bertz CT molecular complexity index is 303. The van der Waals surface area contributed by atoms with Gasteiger partial charge < -0.3 is 5.32 Å². The predicted molar refractivity (Wildman–Crippen MR) is 61.4 cm³/mol. The maximum absolute atomic E-state index is 4.23. The largest absolute Gasteiger partial charge is 0.304 e. The molecule has 0 saturated heterocycles. The van der Waals surface area contributed by atoms with Gasteiger partial charge in [0.15, 0.2) is 0 Å². The number of hydrogen-bond donors (Lipinski definition) is 1. The Morgan fingerprint density at radius 2 is 2.27 bits per heavy atom. The highest BCUT2D eigenvalue weighted by Gasteiger charge is 2.06. The molecule has 0 aliphatic rings. The van der Waals surface area contributed by atoms with E-state index in [-0.39, 0.29) is 0 Å². The third-order valence-corrected chi connectivity index (χ3v) is 2.17. The Morgan fingerprint density at radius 1 is 1.53 bits per heavy atom. The fourth-order valence-corrected chi connectivity index (χ4v) is 1.26. The van der Waals surface area contributed by atoms with Crippen molar-refractivity contribution in [3.8, 4) is 0 Å². The molecule has 0 fully saturated rings. The van der Waals surface area contributed by atoms with Crippen LogP contribution >= 0.6 is 0 Å². The van der Waals surface area contributed by atoms with E-state index in [4.69, 9.17) is 0 Å². The summed E-state index contributed by atoms with van der Waals surface area (Å²) in [5.74, 6) is 1.57. The Kier molecular flexibility index (Phi) is 4.49. The molecule has 4 heteroatoms. The van der Waals surface area contributed by atoms with E-state index in [0.29, 0.717) is 12.0 Å². The first kappa shape index (κ1) is 11.9. The van der Waals surface area contributed by atoms with E-state index < -0.39 is 0 Å². The molecule has 0 spiro atoms. The second-order valence-corrected chi connectivity index (χ2v) is 4.16. The summed E-state index contributed by atoms with van der Waals surface area (Å²) in [6.07, 6.45) is 3.49. The van der Waals surface area contributed by atoms with Crippen molar-refractivity contribution in [2.24, 2.45) is 5.92 Å². The van der Waals surface area contributed by atoms with Gasteiger partial charge in [-0.3, -0.25) is 0 Å². The maximum Gasteiger partial charge on any atom is 0.140 e. The monoisotopic (exact) mass is 208 g/mol. The molecule has 0 aliphatic heterocycles. The molecular weight excluding hydrogens is 188 g/mol. The van der Waals surface area contributed by atoms with Crippen molar-refractivity contribution in [3.63, 3.8) is 0 Å². The average molecular weight is 208 g/mol. The second kappa shape index (κ2) is 5.66. The number of nitrogens with one attached hydrogen (secondary N) is 1. The van der Waals surface area contributed by atoms with Crippen LogP contribution in [0.1, 0.15) is 26.6 Å². The highest BCUT2D eigenvalue weighted by atomic mass is 15.3. The molecule has 0 aliphatic carbocycles. The van der Waals surface area contributed by atoms with Crippen molar-refractivity contribution in [3.05, 3.63) is 24.8 Å². The molecule has 0 radical (unpaired) electrons. The van der Waals surface area contributed by atoms with Gasteiger partial charge in [-0.2, -0.15) is 5.10 Å². The Morgan fingerprint density at radius 3 is 2.87 bits per heavy atom. The molecule has 1 aromatic heterocycles. The zero-order valence-electron chi connectivity index (χ0n) is 9.77. The van der Waals surface area contributed by atoms with Crippen LogP contribution in [0.3, 0.4) is 0 Å². The molecule has 0 saturated carbocycles. The first-order valence-electron chi connectivity index (χ1n) is 5.36. The lowest BCUT2D eigenvalue weighted by Crippen LogP contribution is -2.25. The van der Waals surface area contributed by atoms with Gasteiger partial charge >= 0.3 is 0 Å². The van der Waals surface area contributed by atoms with Crippen LogP contribution in [0.5, 0.6) is 0 Å². The van der Waals surface area contributed by atoms with Gasteiger partial charge in [-0.15, -0.1) is 6.58 Å². The predicted octanol–water partition coefficient (Wildman–Crippen LogP) is 1.60. The van der Waals surface area contributed by atoms with E-state index >= 15 is 0 Å². The quantitative estimate of drug-likeness (QED) is 0.722. The SMILES string of the molecule is C=CC(C)NCc1ncnn1CC(C)C. The van der Waals surface area contributed by atoms with E-state index in [0.717, 1.165) is 18.9 Å².